The fourth-order valence-electron chi connectivity index (χ4n) is 3.79. The fraction of sp³-hybridized carbons (Fsp3) is 0.185. The molecule has 3 aromatic heterocycles. The van der Waals surface area contributed by atoms with Crippen LogP contribution in [0.4, 0.5) is 0 Å². The first-order valence-electron chi connectivity index (χ1n) is 10.7. The van der Waals surface area contributed by atoms with E-state index < -0.39 is 5.41 Å². The predicted octanol–water partition coefficient (Wildman–Crippen LogP) is 5.20. The number of aromatic nitrogens is 4. The predicted molar refractivity (Wildman–Crippen MR) is 127 cm³/mol. The Morgan fingerprint density at radius 3 is 2.82 bits per heavy atom. The molecule has 5 rings (SSSR count). The molecular formula is C27H21N5O. The molecule has 0 aliphatic carbocycles. The number of aromatic amines is 1. The van der Waals surface area contributed by atoms with Crippen LogP contribution in [-0.2, 0) is 11.8 Å². The number of hydrogen-bond donors (Lipinski definition) is 1. The van der Waals surface area contributed by atoms with Gasteiger partial charge in [0.25, 0.3) is 0 Å². The van der Waals surface area contributed by atoms with Crippen molar-refractivity contribution in [2.45, 2.75) is 32.6 Å². The Labute approximate surface area is 191 Å². The Morgan fingerprint density at radius 2 is 1.97 bits per heavy atom. The molecule has 6 heteroatoms. The van der Waals surface area contributed by atoms with Crippen LogP contribution in [0.1, 0.15) is 47.5 Å². The average molecular weight is 431 g/mol. The van der Waals surface area contributed by atoms with Gasteiger partial charge >= 0.3 is 0 Å². The van der Waals surface area contributed by atoms with Crippen molar-refractivity contribution < 1.29 is 4.52 Å². The molecular weight excluding hydrogens is 410 g/mol. The zero-order valence-electron chi connectivity index (χ0n) is 18.6. The number of nitrogens with one attached hydrogen (secondary N) is 1. The van der Waals surface area contributed by atoms with Crippen molar-refractivity contribution in [3.8, 4) is 17.9 Å². The summed E-state index contributed by atoms with van der Waals surface area (Å²) in [4.78, 5) is 4.52. The summed E-state index contributed by atoms with van der Waals surface area (Å²) in [6.45, 7) is 5.85. The van der Waals surface area contributed by atoms with Crippen LogP contribution in [0.5, 0.6) is 0 Å². The van der Waals surface area contributed by atoms with Gasteiger partial charge in [-0.25, -0.2) is 4.98 Å². The number of benzene rings is 2. The summed E-state index contributed by atoms with van der Waals surface area (Å²) in [5.74, 6) is 6.37. The third kappa shape index (κ3) is 3.84. The first-order chi connectivity index (χ1) is 15.9. The van der Waals surface area contributed by atoms with Gasteiger partial charge in [-0.3, -0.25) is 5.10 Å². The topological polar surface area (TPSA) is 91.4 Å². The monoisotopic (exact) mass is 431 g/mol. The number of nitriles is 1. The summed E-state index contributed by atoms with van der Waals surface area (Å²) in [5, 5.41) is 21.7. The molecule has 0 bridgehead atoms. The van der Waals surface area contributed by atoms with E-state index in [1.165, 1.54) is 0 Å². The normalized spacial score (nSPS) is 11.3. The van der Waals surface area contributed by atoms with Gasteiger partial charge in [0, 0.05) is 11.8 Å². The van der Waals surface area contributed by atoms with E-state index >= 15 is 0 Å². The molecule has 0 fully saturated rings. The Kier molecular flexibility index (Phi) is 4.92. The highest BCUT2D eigenvalue weighted by Gasteiger charge is 2.20. The van der Waals surface area contributed by atoms with Gasteiger partial charge in [0.1, 0.15) is 11.2 Å². The second-order valence-corrected chi connectivity index (χ2v) is 8.63. The highest BCUT2D eigenvalue weighted by Crippen LogP contribution is 2.28. The number of hydrogen-bond acceptors (Lipinski definition) is 5. The molecule has 160 valence electrons. The second kappa shape index (κ2) is 7.93. The maximum atomic E-state index is 9.47. The number of rotatable bonds is 3. The second-order valence-electron chi connectivity index (χ2n) is 8.63. The first-order valence-corrected chi connectivity index (χ1v) is 10.7. The molecule has 0 spiro atoms. The lowest BCUT2D eigenvalue weighted by Gasteiger charge is -2.16. The Bertz CT molecular complexity index is 1600. The molecule has 0 aliphatic rings. The molecule has 2 aromatic carbocycles. The minimum absolute atomic E-state index is 0.546. The summed E-state index contributed by atoms with van der Waals surface area (Å²) >= 11 is 0. The zero-order chi connectivity index (χ0) is 23.0. The minimum Gasteiger partial charge on any atom is -0.355 e. The summed E-state index contributed by atoms with van der Waals surface area (Å²) in [6.07, 6.45) is 2.29. The molecule has 0 radical (unpaired) electrons. The van der Waals surface area contributed by atoms with Crippen LogP contribution in [0.15, 0.2) is 59.3 Å². The van der Waals surface area contributed by atoms with Gasteiger partial charge in [0.15, 0.2) is 5.58 Å². The number of nitrogens with zero attached hydrogens (tertiary/aromatic N) is 4. The summed E-state index contributed by atoms with van der Waals surface area (Å²) in [5.41, 5.74) is 7.18. The number of aryl methyl sites for hydroxylation is 1. The van der Waals surface area contributed by atoms with E-state index in [0.717, 1.165) is 44.4 Å². The quantitative estimate of drug-likeness (QED) is 0.397. The molecule has 1 N–H and O–H groups in total. The lowest BCUT2D eigenvalue weighted by Crippen LogP contribution is -2.14. The van der Waals surface area contributed by atoms with Crippen LogP contribution in [0.25, 0.3) is 22.0 Å². The Morgan fingerprint density at radius 1 is 1.09 bits per heavy atom. The molecule has 0 amide bonds. The Hall–Kier alpha value is -4.42. The standard InChI is InChI=1S/C27H21N5O/c1-17-7-10-22-24(14-18-5-4-6-19(13-18)27(2,3)16-28)32-33-26(22)21(17)11-8-20-9-12-23-25(30-20)15-29-31-23/h4-7,9-10,12-13,15H,14H2,1-3H3,(H,29,31). The van der Waals surface area contributed by atoms with Gasteiger partial charge in [-0.15, -0.1) is 0 Å². The van der Waals surface area contributed by atoms with Crippen LogP contribution in [0, 0.1) is 30.1 Å². The maximum absolute atomic E-state index is 9.47. The van der Waals surface area contributed by atoms with Crippen LogP contribution < -0.4 is 0 Å². The van der Waals surface area contributed by atoms with Crippen molar-refractivity contribution in [3.63, 3.8) is 0 Å². The molecule has 3 heterocycles. The highest BCUT2D eigenvalue weighted by atomic mass is 16.5. The average Bonchev–Trinajstić information content (AvgIpc) is 3.45. The van der Waals surface area contributed by atoms with Crippen LogP contribution in [-0.4, -0.2) is 20.3 Å². The van der Waals surface area contributed by atoms with Crippen molar-refractivity contribution >= 4 is 22.0 Å². The first kappa shape index (κ1) is 20.5. The van der Waals surface area contributed by atoms with Crippen LogP contribution in [0.3, 0.4) is 0 Å². The lowest BCUT2D eigenvalue weighted by molar-refractivity contribution is 0.447. The van der Waals surface area contributed by atoms with E-state index in [2.05, 4.69) is 44.3 Å². The number of H-pyrrole nitrogens is 1. The largest absolute Gasteiger partial charge is 0.355 e. The summed E-state index contributed by atoms with van der Waals surface area (Å²) in [7, 11) is 0. The SMILES string of the molecule is Cc1ccc2c(Cc3cccc(C(C)(C)C#N)c3)noc2c1C#Cc1ccc2[nH]ncc2n1. The van der Waals surface area contributed by atoms with Crippen LogP contribution in [0.2, 0.25) is 0 Å². The zero-order valence-corrected chi connectivity index (χ0v) is 18.6. The summed E-state index contributed by atoms with van der Waals surface area (Å²) in [6, 6.07) is 18.3. The van der Waals surface area contributed by atoms with Gasteiger partial charge in [0.2, 0.25) is 0 Å². The Balaban J connectivity index is 1.50. The van der Waals surface area contributed by atoms with E-state index in [1.807, 2.05) is 63.2 Å². The van der Waals surface area contributed by atoms with Gasteiger partial charge in [-0.1, -0.05) is 41.4 Å². The maximum Gasteiger partial charge on any atom is 0.183 e. The molecule has 33 heavy (non-hydrogen) atoms. The van der Waals surface area contributed by atoms with Crippen molar-refractivity contribution in [3.05, 3.63) is 88.4 Å². The molecule has 0 saturated heterocycles. The van der Waals surface area contributed by atoms with Gasteiger partial charge in [-0.2, -0.15) is 10.4 Å². The highest BCUT2D eigenvalue weighted by molar-refractivity contribution is 5.86. The van der Waals surface area contributed by atoms with Crippen molar-refractivity contribution in [1.82, 2.24) is 20.3 Å². The molecule has 0 unspecified atom stereocenters. The van der Waals surface area contributed by atoms with Gasteiger partial charge < -0.3 is 4.52 Å². The molecule has 0 aliphatic heterocycles. The molecule has 5 aromatic rings. The van der Waals surface area contributed by atoms with E-state index in [-0.39, 0.29) is 0 Å². The fourth-order valence-corrected chi connectivity index (χ4v) is 3.79. The van der Waals surface area contributed by atoms with Crippen molar-refractivity contribution in [1.29, 1.82) is 5.26 Å². The third-order valence-corrected chi connectivity index (χ3v) is 5.84. The third-order valence-electron chi connectivity index (χ3n) is 5.84. The molecule has 0 saturated carbocycles. The van der Waals surface area contributed by atoms with E-state index in [0.29, 0.717) is 17.7 Å². The molecule has 6 nitrogen and oxygen atoms in total. The summed E-state index contributed by atoms with van der Waals surface area (Å²) < 4.78 is 5.76. The minimum atomic E-state index is -0.546. The van der Waals surface area contributed by atoms with Crippen molar-refractivity contribution in [2.24, 2.45) is 0 Å². The van der Waals surface area contributed by atoms with Crippen LogP contribution >= 0.6 is 0 Å². The van der Waals surface area contributed by atoms with E-state index in [1.54, 1.807) is 6.20 Å². The van der Waals surface area contributed by atoms with Gasteiger partial charge in [-0.05, 0) is 61.6 Å². The van der Waals surface area contributed by atoms with E-state index in [9.17, 15) is 5.26 Å². The number of fused-ring (bicyclic) bond motifs is 2. The molecule has 0 atom stereocenters. The van der Waals surface area contributed by atoms with Gasteiger partial charge in [0.05, 0.1) is 34.5 Å². The number of pyridine rings is 1. The lowest BCUT2D eigenvalue weighted by atomic mass is 9.85. The smallest absolute Gasteiger partial charge is 0.183 e. The van der Waals surface area contributed by atoms with Crippen molar-refractivity contribution in [2.75, 3.05) is 0 Å². The van der Waals surface area contributed by atoms with E-state index in [4.69, 9.17) is 4.52 Å².